The van der Waals surface area contributed by atoms with E-state index in [9.17, 15) is 9.59 Å². The number of nitrogens with zero attached hydrogens (tertiary/aromatic N) is 3. The van der Waals surface area contributed by atoms with E-state index in [2.05, 4.69) is 21.6 Å². The number of aromatic nitrogens is 1. The average molecular weight is 422 g/mol. The summed E-state index contributed by atoms with van der Waals surface area (Å²) in [6, 6.07) is 16.1. The normalized spacial score (nSPS) is 14.8. The summed E-state index contributed by atoms with van der Waals surface area (Å²) in [4.78, 5) is 30.7. The van der Waals surface area contributed by atoms with Gasteiger partial charge in [-0.3, -0.25) is 14.5 Å². The Morgan fingerprint density at radius 3 is 2.37 bits per heavy atom. The molecule has 1 aliphatic rings. The van der Waals surface area contributed by atoms with Crippen molar-refractivity contribution in [3.05, 3.63) is 75.7 Å². The van der Waals surface area contributed by atoms with Gasteiger partial charge in [-0.2, -0.15) is 0 Å². The average Bonchev–Trinajstić information content (AvgIpc) is 3.36. The first kappa shape index (κ1) is 20.6. The molecule has 3 aromatic rings. The Morgan fingerprint density at radius 2 is 1.70 bits per heavy atom. The standard InChI is InChI=1S/C24H27N3O2S/c1-18-15-22(19(2)27(18)20-7-4-3-5-8-20)23(28)17-25-10-12-26(13-11-25)24(29)16-21-9-6-14-30-21/h3-9,14-15H,10-13,16-17H2,1-2H3. The van der Waals surface area contributed by atoms with Crippen molar-refractivity contribution < 1.29 is 9.59 Å². The molecule has 3 heterocycles. The summed E-state index contributed by atoms with van der Waals surface area (Å²) in [5, 5.41) is 2.00. The Hall–Kier alpha value is -2.70. The molecular weight excluding hydrogens is 394 g/mol. The first-order valence-corrected chi connectivity index (χ1v) is 11.2. The molecule has 0 N–H and O–H groups in total. The lowest BCUT2D eigenvalue weighted by Gasteiger charge is -2.34. The van der Waals surface area contributed by atoms with Crippen molar-refractivity contribution in [3.63, 3.8) is 0 Å². The molecule has 156 valence electrons. The van der Waals surface area contributed by atoms with Crippen molar-refractivity contribution in [1.82, 2.24) is 14.4 Å². The van der Waals surface area contributed by atoms with E-state index >= 15 is 0 Å². The Balaban J connectivity index is 1.36. The monoisotopic (exact) mass is 421 g/mol. The fourth-order valence-electron chi connectivity index (χ4n) is 4.14. The lowest BCUT2D eigenvalue weighted by Crippen LogP contribution is -2.50. The van der Waals surface area contributed by atoms with Gasteiger partial charge >= 0.3 is 0 Å². The van der Waals surface area contributed by atoms with Crippen molar-refractivity contribution >= 4 is 23.0 Å². The van der Waals surface area contributed by atoms with Gasteiger partial charge in [-0.1, -0.05) is 24.3 Å². The summed E-state index contributed by atoms with van der Waals surface area (Å²) in [6.45, 7) is 7.27. The van der Waals surface area contributed by atoms with E-state index in [0.29, 0.717) is 26.1 Å². The van der Waals surface area contributed by atoms with Gasteiger partial charge in [0, 0.05) is 53.7 Å². The molecule has 1 fully saturated rings. The van der Waals surface area contributed by atoms with Gasteiger partial charge in [-0.25, -0.2) is 0 Å². The summed E-state index contributed by atoms with van der Waals surface area (Å²) >= 11 is 1.62. The number of rotatable bonds is 6. The highest BCUT2D eigenvalue weighted by Gasteiger charge is 2.24. The molecule has 0 atom stereocenters. The van der Waals surface area contributed by atoms with Gasteiger partial charge < -0.3 is 9.47 Å². The van der Waals surface area contributed by atoms with Crippen LogP contribution in [-0.2, 0) is 11.2 Å². The molecule has 1 amide bonds. The van der Waals surface area contributed by atoms with Crippen LogP contribution in [0.1, 0.15) is 26.6 Å². The van der Waals surface area contributed by atoms with E-state index < -0.39 is 0 Å². The molecule has 5 nitrogen and oxygen atoms in total. The second-order valence-corrected chi connectivity index (χ2v) is 8.82. The van der Waals surface area contributed by atoms with E-state index in [0.717, 1.165) is 40.6 Å². The third-order valence-electron chi connectivity index (χ3n) is 5.74. The maximum absolute atomic E-state index is 13.0. The van der Waals surface area contributed by atoms with Gasteiger partial charge in [0.25, 0.3) is 0 Å². The number of benzene rings is 1. The van der Waals surface area contributed by atoms with Crippen LogP contribution in [0.2, 0.25) is 0 Å². The molecule has 0 spiro atoms. The summed E-state index contributed by atoms with van der Waals surface area (Å²) in [5.41, 5.74) is 3.90. The Bertz CT molecular complexity index is 1020. The molecule has 0 saturated carbocycles. The number of hydrogen-bond acceptors (Lipinski definition) is 4. The highest BCUT2D eigenvalue weighted by molar-refractivity contribution is 7.10. The van der Waals surface area contributed by atoms with Crippen LogP contribution in [0, 0.1) is 13.8 Å². The number of Topliss-reactive ketones (excluding diaryl/α,β-unsaturated/α-hetero) is 1. The van der Waals surface area contributed by atoms with Crippen molar-refractivity contribution in [2.45, 2.75) is 20.3 Å². The van der Waals surface area contributed by atoms with Crippen LogP contribution in [0.5, 0.6) is 0 Å². The van der Waals surface area contributed by atoms with Gasteiger partial charge in [0.15, 0.2) is 5.78 Å². The first-order valence-electron chi connectivity index (χ1n) is 10.3. The maximum atomic E-state index is 13.0. The van der Waals surface area contributed by atoms with Crippen LogP contribution < -0.4 is 0 Å². The molecule has 1 saturated heterocycles. The third-order valence-corrected chi connectivity index (χ3v) is 6.62. The largest absolute Gasteiger partial charge is 0.340 e. The SMILES string of the molecule is Cc1cc(C(=O)CN2CCN(C(=O)Cc3cccs3)CC2)c(C)n1-c1ccccc1. The van der Waals surface area contributed by atoms with Crippen molar-refractivity contribution in [3.8, 4) is 5.69 Å². The molecule has 6 heteroatoms. The van der Waals surface area contributed by atoms with Gasteiger partial charge in [0.1, 0.15) is 0 Å². The molecule has 0 radical (unpaired) electrons. The predicted octanol–water partition coefficient (Wildman–Crippen LogP) is 3.73. The minimum Gasteiger partial charge on any atom is -0.340 e. The molecule has 0 unspecified atom stereocenters. The fraction of sp³-hybridized carbons (Fsp3) is 0.333. The first-order chi connectivity index (χ1) is 14.5. The molecule has 0 aliphatic carbocycles. The zero-order valence-electron chi connectivity index (χ0n) is 17.5. The number of carbonyl (C=O) groups excluding carboxylic acids is 2. The third kappa shape index (κ3) is 4.40. The van der Waals surface area contributed by atoms with Crippen LogP contribution in [-0.4, -0.2) is 58.8 Å². The second-order valence-electron chi connectivity index (χ2n) is 7.79. The summed E-state index contributed by atoms with van der Waals surface area (Å²) in [5.74, 6) is 0.318. The van der Waals surface area contributed by atoms with Crippen LogP contribution in [0.15, 0.2) is 53.9 Å². The van der Waals surface area contributed by atoms with E-state index in [1.54, 1.807) is 11.3 Å². The highest BCUT2D eigenvalue weighted by Crippen LogP contribution is 2.21. The van der Waals surface area contributed by atoms with Crippen molar-refractivity contribution in [2.75, 3.05) is 32.7 Å². The van der Waals surface area contributed by atoms with Gasteiger partial charge in [0.2, 0.25) is 5.91 Å². The molecule has 1 aromatic carbocycles. The molecule has 1 aliphatic heterocycles. The minimum absolute atomic E-state index is 0.142. The molecule has 2 aromatic heterocycles. The van der Waals surface area contributed by atoms with E-state index in [4.69, 9.17) is 0 Å². The molecule has 30 heavy (non-hydrogen) atoms. The topological polar surface area (TPSA) is 45.6 Å². The zero-order chi connectivity index (χ0) is 21.1. The highest BCUT2D eigenvalue weighted by atomic mass is 32.1. The number of piperazine rings is 1. The minimum atomic E-state index is 0.142. The number of amides is 1. The smallest absolute Gasteiger partial charge is 0.227 e. The lowest BCUT2D eigenvalue weighted by atomic mass is 10.1. The second kappa shape index (κ2) is 8.98. The van der Waals surface area contributed by atoms with Crippen LogP contribution >= 0.6 is 11.3 Å². The number of aryl methyl sites for hydroxylation is 1. The van der Waals surface area contributed by atoms with Crippen LogP contribution in [0.3, 0.4) is 0 Å². The van der Waals surface area contributed by atoms with E-state index in [1.165, 1.54) is 0 Å². The van der Waals surface area contributed by atoms with Gasteiger partial charge in [-0.05, 0) is 43.5 Å². The number of para-hydroxylation sites is 1. The quantitative estimate of drug-likeness (QED) is 0.570. The zero-order valence-corrected chi connectivity index (χ0v) is 18.3. The number of ketones is 1. The van der Waals surface area contributed by atoms with Crippen LogP contribution in [0.4, 0.5) is 0 Å². The van der Waals surface area contributed by atoms with Gasteiger partial charge in [-0.15, -0.1) is 11.3 Å². The van der Waals surface area contributed by atoms with Crippen molar-refractivity contribution in [1.29, 1.82) is 0 Å². The van der Waals surface area contributed by atoms with E-state index in [-0.39, 0.29) is 11.7 Å². The number of carbonyl (C=O) groups is 2. The predicted molar refractivity (Wildman–Crippen MR) is 121 cm³/mol. The lowest BCUT2D eigenvalue weighted by molar-refractivity contribution is -0.132. The molecular formula is C24H27N3O2S. The summed E-state index contributed by atoms with van der Waals surface area (Å²) in [7, 11) is 0. The molecule has 4 rings (SSSR count). The van der Waals surface area contributed by atoms with Crippen molar-refractivity contribution in [2.24, 2.45) is 0 Å². The Labute approximate surface area is 181 Å². The van der Waals surface area contributed by atoms with E-state index in [1.807, 2.05) is 60.5 Å². The Kier molecular flexibility index (Phi) is 6.16. The number of thiophene rings is 1. The Morgan fingerprint density at radius 1 is 0.967 bits per heavy atom. The summed E-state index contributed by atoms with van der Waals surface area (Å²) < 4.78 is 2.13. The fourth-order valence-corrected chi connectivity index (χ4v) is 4.83. The maximum Gasteiger partial charge on any atom is 0.227 e. The van der Waals surface area contributed by atoms with Crippen LogP contribution in [0.25, 0.3) is 5.69 Å². The number of hydrogen-bond donors (Lipinski definition) is 0. The summed E-state index contributed by atoms with van der Waals surface area (Å²) in [6.07, 6.45) is 0.474. The molecule has 0 bridgehead atoms. The van der Waals surface area contributed by atoms with Gasteiger partial charge in [0.05, 0.1) is 13.0 Å².